The molecule has 1 heterocycles. The first-order valence-electron chi connectivity index (χ1n) is 7.61. The highest BCUT2D eigenvalue weighted by atomic mass is 35.5. The second kappa shape index (κ2) is 11.1. The number of carbonyl (C=O) groups excluding carboxylic acids is 1. The molecular formula is C16H25ClN2O2S2. The topological polar surface area (TPSA) is 64.3 Å². The minimum Gasteiger partial charge on any atom is -0.484 e. The molecule has 3 N–H and O–H groups in total. The molecule has 0 aromatic heterocycles. The molecule has 0 bridgehead atoms. The molecular weight excluding hydrogens is 352 g/mol. The zero-order valence-corrected chi connectivity index (χ0v) is 15.8. The predicted octanol–water partition coefficient (Wildman–Crippen LogP) is 3.07. The Morgan fingerprint density at radius 1 is 1.35 bits per heavy atom. The summed E-state index contributed by atoms with van der Waals surface area (Å²) in [5.74, 6) is 3.38. The van der Waals surface area contributed by atoms with Crippen LogP contribution in [0.4, 0.5) is 0 Å². The number of amides is 1. The first kappa shape index (κ1) is 20.5. The third-order valence-electron chi connectivity index (χ3n) is 3.40. The number of hydrogen-bond donors (Lipinski definition) is 2. The van der Waals surface area contributed by atoms with Gasteiger partial charge in [0.1, 0.15) is 5.75 Å². The largest absolute Gasteiger partial charge is 0.484 e. The number of carbonyl (C=O) groups is 1. The van der Waals surface area contributed by atoms with Crippen LogP contribution in [-0.4, -0.2) is 37.1 Å². The minimum atomic E-state index is -0.109. The fraction of sp³-hybridized carbons (Fsp3) is 0.562. The molecule has 1 aliphatic rings. The van der Waals surface area contributed by atoms with E-state index in [-0.39, 0.29) is 30.8 Å². The Bertz CT molecular complexity index is 468. The van der Waals surface area contributed by atoms with Gasteiger partial charge in [0.05, 0.1) is 4.58 Å². The van der Waals surface area contributed by atoms with Crippen LogP contribution in [0, 0.1) is 5.92 Å². The van der Waals surface area contributed by atoms with Crippen LogP contribution >= 0.6 is 35.9 Å². The molecule has 1 unspecified atom stereocenters. The highest BCUT2D eigenvalue weighted by Crippen LogP contribution is 2.43. The molecule has 1 atom stereocenters. The summed E-state index contributed by atoms with van der Waals surface area (Å²) in [6.07, 6.45) is 1.30. The number of nitrogens with one attached hydrogen (secondary N) is 1. The number of thioether (sulfide) groups is 2. The smallest absolute Gasteiger partial charge is 0.257 e. The SMILES string of the molecule is CC(CN)CNC(=O)COc1ccc(C2SCCCS2)cc1.Cl. The van der Waals surface area contributed by atoms with Gasteiger partial charge < -0.3 is 15.8 Å². The van der Waals surface area contributed by atoms with Crippen LogP contribution in [0.2, 0.25) is 0 Å². The third-order valence-corrected chi connectivity index (χ3v) is 6.41. The van der Waals surface area contributed by atoms with E-state index in [1.165, 1.54) is 23.5 Å². The van der Waals surface area contributed by atoms with Gasteiger partial charge in [0, 0.05) is 6.54 Å². The summed E-state index contributed by atoms with van der Waals surface area (Å²) in [5, 5.41) is 2.82. The summed E-state index contributed by atoms with van der Waals surface area (Å²) in [4.78, 5) is 11.7. The Hall–Kier alpha value is -0.560. The standard InChI is InChI=1S/C16H24N2O2S2.ClH/c1-12(9-17)10-18-15(19)11-20-14-5-3-13(4-6-14)16-21-7-2-8-22-16;/h3-6,12,16H,2,7-11,17H2,1H3,(H,18,19);1H. The quantitative estimate of drug-likeness (QED) is 0.765. The van der Waals surface area contributed by atoms with Gasteiger partial charge in [-0.05, 0) is 48.1 Å². The van der Waals surface area contributed by atoms with Crippen molar-refractivity contribution >= 4 is 41.8 Å². The summed E-state index contributed by atoms with van der Waals surface area (Å²) < 4.78 is 6.05. The van der Waals surface area contributed by atoms with Crippen LogP contribution in [0.15, 0.2) is 24.3 Å². The molecule has 1 aliphatic heterocycles. The normalized spacial score (nSPS) is 16.3. The molecule has 0 radical (unpaired) electrons. The van der Waals surface area contributed by atoms with Gasteiger partial charge in [0.2, 0.25) is 0 Å². The summed E-state index contributed by atoms with van der Waals surface area (Å²) in [6, 6.07) is 8.08. The van der Waals surface area contributed by atoms with Gasteiger partial charge in [0.25, 0.3) is 5.91 Å². The van der Waals surface area contributed by atoms with Crippen molar-refractivity contribution < 1.29 is 9.53 Å². The van der Waals surface area contributed by atoms with Crippen molar-refractivity contribution in [3.8, 4) is 5.75 Å². The van der Waals surface area contributed by atoms with Gasteiger partial charge in [-0.3, -0.25) is 4.79 Å². The van der Waals surface area contributed by atoms with Crippen LogP contribution in [0.25, 0.3) is 0 Å². The average molecular weight is 377 g/mol. The molecule has 130 valence electrons. The van der Waals surface area contributed by atoms with Gasteiger partial charge in [-0.2, -0.15) is 0 Å². The highest BCUT2D eigenvalue weighted by Gasteiger charge is 2.16. The van der Waals surface area contributed by atoms with Gasteiger partial charge in [0.15, 0.2) is 6.61 Å². The second-order valence-corrected chi connectivity index (χ2v) is 8.15. The van der Waals surface area contributed by atoms with E-state index < -0.39 is 0 Å². The van der Waals surface area contributed by atoms with Crippen molar-refractivity contribution in [2.24, 2.45) is 11.7 Å². The molecule has 1 aromatic rings. The van der Waals surface area contributed by atoms with Crippen LogP contribution in [0.1, 0.15) is 23.5 Å². The number of nitrogens with two attached hydrogens (primary N) is 1. The monoisotopic (exact) mass is 376 g/mol. The van der Waals surface area contributed by atoms with E-state index in [4.69, 9.17) is 10.5 Å². The lowest BCUT2D eigenvalue weighted by atomic mass is 10.2. The Morgan fingerprint density at radius 3 is 2.61 bits per heavy atom. The average Bonchev–Trinajstić information content (AvgIpc) is 2.59. The maximum Gasteiger partial charge on any atom is 0.257 e. The van der Waals surface area contributed by atoms with E-state index in [9.17, 15) is 4.79 Å². The minimum absolute atomic E-state index is 0. The Balaban J connectivity index is 0.00000264. The lowest BCUT2D eigenvalue weighted by molar-refractivity contribution is -0.123. The Morgan fingerprint density at radius 2 is 2.00 bits per heavy atom. The van der Waals surface area contributed by atoms with Gasteiger partial charge in [-0.15, -0.1) is 35.9 Å². The zero-order valence-electron chi connectivity index (χ0n) is 13.3. The lowest BCUT2D eigenvalue weighted by Crippen LogP contribution is -2.34. The molecule has 2 rings (SSSR count). The maximum atomic E-state index is 11.7. The van der Waals surface area contributed by atoms with Gasteiger partial charge in [-0.25, -0.2) is 0 Å². The maximum absolute atomic E-state index is 11.7. The number of ether oxygens (including phenoxy) is 1. The second-order valence-electron chi connectivity index (χ2n) is 5.43. The molecule has 0 aliphatic carbocycles. The van der Waals surface area contributed by atoms with Crippen LogP contribution < -0.4 is 15.8 Å². The summed E-state index contributed by atoms with van der Waals surface area (Å²) in [7, 11) is 0. The molecule has 0 saturated carbocycles. The zero-order chi connectivity index (χ0) is 15.8. The van der Waals surface area contributed by atoms with Crippen molar-refractivity contribution in [3.63, 3.8) is 0 Å². The first-order valence-corrected chi connectivity index (χ1v) is 9.71. The number of hydrogen-bond acceptors (Lipinski definition) is 5. The lowest BCUT2D eigenvalue weighted by Gasteiger charge is -2.21. The van der Waals surface area contributed by atoms with Crippen LogP contribution in [0.5, 0.6) is 5.75 Å². The fourth-order valence-corrected chi connectivity index (χ4v) is 4.87. The van der Waals surface area contributed by atoms with Crippen molar-refractivity contribution in [1.82, 2.24) is 5.32 Å². The molecule has 23 heavy (non-hydrogen) atoms. The van der Waals surface area contributed by atoms with Gasteiger partial charge in [-0.1, -0.05) is 19.1 Å². The van der Waals surface area contributed by atoms with Crippen LogP contribution in [0.3, 0.4) is 0 Å². The van der Waals surface area contributed by atoms with E-state index in [0.717, 1.165) is 5.75 Å². The van der Waals surface area contributed by atoms with E-state index in [1.54, 1.807) is 0 Å². The molecule has 1 fully saturated rings. The molecule has 1 aromatic carbocycles. The molecule has 4 nitrogen and oxygen atoms in total. The van der Waals surface area contributed by atoms with Crippen molar-refractivity contribution in [1.29, 1.82) is 0 Å². The summed E-state index contributed by atoms with van der Waals surface area (Å²) in [6.45, 7) is 3.21. The summed E-state index contributed by atoms with van der Waals surface area (Å²) in [5.41, 5.74) is 6.84. The van der Waals surface area contributed by atoms with E-state index in [1.807, 2.05) is 42.6 Å². The van der Waals surface area contributed by atoms with E-state index in [2.05, 4.69) is 17.4 Å². The van der Waals surface area contributed by atoms with Crippen molar-refractivity contribution in [2.75, 3.05) is 31.2 Å². The molecule has 1 amide bonds. The Kier molecular flexibility index (Phi) is 9.86. The van der Waals surface area contributed by atoms with E-state index >= 15 is 0 Å². The van der Waals surface area contributed by atoms with Crippen molar-refractivity contribution in [3.05, 3.63) is 29.8 Å². The third kappa shape index (κ3) is 7.25. The molecule has 1 saturated heterocycles. The molecule has 0 spiro atoms. The summed E-state index contributed by atoms with van der Waals surface area (Å²) >= 11 is 4.00. The van der Waals surface area contributed by atoms with Gasteiger partial charge >= 0.3 is 0 Å². The Labute approximate surface area is 153 Å². The number of rotatable bonds is 7. The van der Waals surface area contributed by atoms with E-state index in [0.29, 0.717) is 17.7 Å². The predicted molar refractivity (Wildman–Crippen MR) is 103 cm³/mol. The van der Waals surface area contributed by atoms with Crippen LogP contribution in [-0.2, 0) is 4.79 Å². The molecule has 7 heteroatoms. The first-order chi connectivity index (χ1) is 10.7. The fourth-order valence-electron chi connectivity index (χ4n) is 1.97. The van der Waals surface area contributed by atoms with Crippen molar-refractivity contribution in [2.45, 2.75) is 17.9 Å². The number of halogens is 1. The number of benzene rings is 1. The highest BCUT2D eigenvalue weighted by molar-refractivity contribution is 8.16.